The SMILES string of the molecule is CCCc1nc(Cl)c(C)c(N(CCOC)C(C)C2CC2)n1. The molecule has 21 heavy (non-hydrogen) atoms. The minimum Gasteiger partial charge on any atom is -0.383 e. The Bertz CT molecular complexity index is 477. The van der Waals surface area contributed by atoms with Gasteiger partial charge in [0.05, 0.1) is 6.61 Å². The molecule has 0 bridgehead atoms. The summed E-state index contributed by atoms with van der Waals surface area (Å²) >= 11 is 6.32. The van der Waals surface area contributed by atoms with Crippen LogP contribution in [-0.2, 0) is 11.2 Å². The van der Waals surface area contributed by atoms with Gasteiger partial charge < -0.3 is 9.64 Å². The monoisotopic (exact) mass is 311 g/mol. The highest BCUT2D eigenvalue weighted by Crippen LogP contribution is 2.37. The highest BCUT2D eigenvalue weighted by Gasteiger charge is 2.33. The number of halogens is 1. The van der Waals surface area contributed by atoms with E-state index in [0.717, 1.165) is 42.5 Å². The maximum atomic E-state index is 6.32. The molecule has 1 aromatic rings. The molecule has 1 aromatic heterocycles. The molecule has 1 atom stereocenters. The van der Waals surface area contributed by atoms with E-state index in [1.807, 2.05) is 6.92 Å². The average Bonchev–Trinajstić information content (AvgIpc) is 3.28. The van der Waals surface area contributed by atoms with Crippen molar-refractivity contribution in [1.29, 1.82) is 0 Å². The number of anilines is 1. The Balaban J connectivity index is 2.32. The first-order chi connectivity index (χ1) is 10.1. The van der Waals surface area contributed by atoms with E-state index < -0.39 is 0 Å². The third-order valence-electron chi connectivity index (χ3n) is 4.18. The second kappa shape index (κ2) is 7.41. The highest BCUT2D eigenvalue weighted by molar-refractivity contribution is 6.30. The Kier molecular flexibility index (Phi) is 5.82. The maximum absolute atomic E-state index is 6.32. The summed E-state index contributed by atoms with van der Waals surface area (Å²) in [7, 11) is 1.74. The number of aromatic nitrogens is 2. The average molecular weight is 312 g/mol. The van der Waals surface area contributed by atoms with Gasteiger partial charge in [-0.05, 0) is 39.0 Å². The molecule has 0 aromatic carbocycles. The Hall–Kier alpha value is -0.870. The van der Waals surface area contributed by atoms with Gasteiger partial charge in [-0.15, -0.1) is 0 Å². The van der Waals surface area contributed by atoms with E-state index in [-0.39, 0.29) is 0 Å². The van der Waals surface area contributed by atoms with Gasteiger partial charge in [0.1, 0.15) is 16.8 Å². The van der Waals surface area contributed by atoms with Crippen molar-refractivity contribution >= 4 is 17.4 Å². The van der Waals surface area contributed by atoms with E-state index in [2.05, 4.69) is 23.7 Å². The van der Waals surface area contributed by atoms with Crippen LogP contribution in [0.25, 0.3) is 0 Å². The molecule has 0 spiro atoms. The van der Waals surface area contributed by atoms with Gasteiger partial charge in [-0.3, -0.25) is 0 Å². The van der Waals surface area contributed by atoms with Gasteiger partial charge >= 0.3 is 0 Å². The maximum Gasteiger partial charge on any atom is 0.137 e. The summed E-state index contributed by atoms with van der Waals surface area (Å²) in [6.07, 6.45) is 4.51. The smallest absolute Gasteiger partial charge is 0.137 e. The van der Waals surface area contributed by atoms with Gasteiger partial charge in [-0.2, -0.15) is 0 Å². The molecule has 0 saturated heterocycles. The summed E-state index contributed by atoms with van der Waals surface area (Å²) in [4.78, 5) is 11.5. The quantitative estimate of drug-likeness (QED) is 0.687. The molecule has 0 aliphatic heterocycles. The number of methoxy groups -OCH3 is 1. The number of hydrogen-bond acceptors (Lipinski definition) is 4. The van der Waals surface area contributed by atoms with Crippen molar-refractivity contribution in [1.82, 2.24) is 9.97 Å². The number of ether oxygens (including phenoxy) is 1. The van der Waals surface area contributed by atoms with Crippen LogP contribution >= 0.6 is 11.6 Å². The van der Waals surface area contributed by atoms with Crippen LogP contribution in [0.1, 0.15) is 44.5 Å². The van der Waals surface area contributed by atoms with Gasteiger partial charge in [0, 0.05) is 31.7 Å². The zero-order valence-corrected chi connectivity index (χ0v) is 14.3. The molecule has 2 rings (SSSR count). The molecule has 1 heterocycles. The zero-order valence-electron chi connectivity index (χ0n) is 13.5. The fourth-order valence-corrected chi connectivity index (χ4v) is 2.84. The van der Waals surface area contributed by atoms with Crippen molar-refractivity contribution in [3.8, 4) is 0 Å². The standard InChI is InChI=1S/C16H26ClN3O/c1-5-6-14-18-15(17)11(2)16(19-14)20(9-10-21-4)12(3)13-7-8-13/h12-13H,5-10H2,1-4H3. The fraction of sp³-hybridized carbons (Fsp3) is 0.750. The molecule has 0 N–H and O–H groups in total. The van der Waals surface area contributed by atoms with Gasteiger partial charge in [-0.1, -0.05) is 18.5 Å². The van der Waals surface area contributed by atoms with Crippen LogP contribution in [0.4, 0.5) is 5.82 Å². The van der Waals surface area contributed by atoms with Crippen LogP contribution in [0.5, 0.6) is 0 Å². The number of aryl methyl sites for hydroxylation is 1. The van der Waals surface area contributed by atoms with E-state index >= 15 is 0 Å². The summed E-state index contributed by atoms with van der Waals surface area (Å²) in [5, 5.41) is 0.578. The minimum absolute atomic E-state index is 0.472. The number of nitrogens with zero attached hydrogens (tertiary/aromatic N) is 3. The van der Waals surface area contributed by atoms with E-state index in [4.69, 9.17) is 21.3 Å². The van der Waals surface area contributed by atoms with Crippen molar-refractivity contribution in [3.05, 3.63) is 16.5 Å². The lowest BCUT2D eigenvalue weighted by Gasteiger charge is -2.32. The third-order valence-corrected chi connectivity index (χ3v) is 4.55. The molecule has 1 aliphatic carbocycles. The molecule has 0 radical (unpaired) electrons. The first-order valence-electron chi connectivity index (χ1n) is 7.87. The molecule has 1 fully saturated rings. The van der Waals surface area contributed by atoms with Crippen LogP contribution in [0.2, 0.25) is 5.15 Å². The van der Waals surface area contributed by atoms with Crippen molar-refractivity contribution in [2.24, 2.45) is 5.92 Å². The van der Waals surface area contributed by atoms with Crippen LogP contribution in [-0.4, -0.2) is 36.3 Å². The Morgan fingerprint density at radius 1 is 1.38 bits per heavy atom. The second-order valence-corrected chi connectivity index (χ2v) is 6.25. The number of hydrogen-bond donors (Lipinski definition) is 0. The molecular weight excluding hydrogens is 286 g/mol. The molecule has 1 unspecified atom stereocenters. The summed E-state index contributed by atoms with van der Waals surface area (Å²) in [5.41, 5.74) is 0.972. The molecular formula is C16H26ClN3O. The third kappa shape index (κ3) is 4.07. The van der Waals surface area contributed by atoms with E-state index in [1.165, 1.54) is 12.8 Å². The largest absolute Gasteiger partial charge is 0.383 e. The van der Waals surface area contributed by atoms with Gasteiger partial charge in [0.25, 0.3) is 0 Å². The molecule has 118 valence electrons. The van der Waals surface area contributed by atoms with E-state index in [0.29, 0.717) is 17.8 Å². The topological polar surface area (TPSA) is 38.2 Å². The molecule has 5 heteroatoms. The fourth-order valence-electron chi connectivity index (χ4n) is 2.66. The van der Waals surface area contributed by atoms with Crippen LogP contribution in [0, 0.1) is 12.8 Å². The summed E-state index contributed by atoms with van der Waals surface area (Å²) in [5.74, 6) is 2.59. The van der Waals surface area contributed by atoms with Crippen LogP contribution in [0.15, 0.2) is 0 Å². The Morgan fingerprint density at radius 2 is 2.10 bits per heavy atom. The normalized spacial score (nSPS) is 16.0. The predicted molar refractivity (Wildman–Crippen MR) is 87.2 cm³/mol. The lowest BCUT2D eigenvalue weighted by molar-refractivity contribution is 0.202. The van der Waals surface area contributed by atoms with Crippen molar-refractivity contribution < 1.29 is 4.74 Å². The first-order valence-corrected chi connectivity index (χ1v) is 8.24. The summed E-state index contributed by atoms with van der Waals surface area (Å²) in [6, 6.07) is 0.472. The van der Waals surface area contributed by atoms with Crippen LogP contribution < -0.4 is 4.90 Å². The molecule has 1 aliphatic rings. The van der Waals surface area contributed by atoms with Crippen LogP contribution in [0.3, 0.4) is 0 Å². The predicted octanol–water partition coefficient (Wildman–Crippen LogP) is 3.64. The second-order valence-electron chi connectivity index (χ2n) is 5.89. The van der Waals surface area contributed by atoms with E-state index in [1.54, 1.807) is 7.11 Å². The highest BCUT2D eigenvalue weighted by atomic mass is 35.5. The lowest BCUT2D eigenvalue weighted by Crippen LogP contribution is -2.38. The summed E-state index contributed by atoms with van der Waals surface area (Å²) < 4.78 is 5.27. The Labute approximate surface area is 132 Å². The molecule has 1 saturated carbocycles. The lowest BCUT2D eigenvalue weighted by atomic mass is 10.1. The Morgan fingerprint density at radius 3 is 2.67 bits per heavy atom. The first kappa shape index (κ1) is 16.5. The zero-order chi connectivity index (χ0) is 15.4. The van der Waals surface area contributed by atoms with Gasteiger partial charge in [0.15, 0.2) is 0 Å². The van der Waals surface area contributed by atoms with Gasteiger partial charge in [-0.25, -0.2) is 9.97 Å². The summed E-state index contributed by atoms with van der Waals surface area (Å²) in [6.45, 7) is 7.95. The molecule has 0 amide bonds. The van der Waals surface area contributed by atoms with Crippen molar-refractivity contribution in [3.63, 3.8) is 0 Å². The molecule has 4 nitrogen and oxygen atoms in total. The van der Waals surface area contributed by atoms with Crippen molar-refractivity contribution in [2.45, 2.75) is 52.5 Å². The van der Waals surface area contributed by atoms with E-state index in [9.17, 15) is 0 Å². The van der Waals surface area contributed by atoms with Crippen molar-refractivity contribution in [2.75, 3.05) is 25.2 Å². The minimum atomic E-state index is 0.472. The number of rotatable bonds is 8. The van der Waals surface area contributed by atoms with Gasteiger partial charge in [0.2, 0.25) is 0 Å².